The number of hydrogen-bond donors (Lipinski definition) is 2. The summed E-state index contributed by atoms with van der Waals surface area (Å²) in [7, 11) is -3.72. The van der Waals surface area contributed by atoms with Crippen molar-refractivity contribution in [2.24, 2.45) is 5.41 Å². The van der Waals surface area contributed by atoms with Gasteiger partial charge in [0.1, 0.15) is 0 Å². The van der Waals surface area contributed by atoms with Crippen molar-refractivity contribution < 1.29 is 22.7 Å². The molecule has 0 radical (unpaired) electrons. The number of furan rings is 1. The highest BCUT2D eigenvalue weighted by atomic mass is 32.2. The average Bonchev–Trinajstić information content (AvgIpc) is 2.93. The highest BCUT2D eigenvalue weighted by Gasteiger charge is 2.42. The molecule has 0 bridgehead atoms. The quantitative estimate of drug-likeness (QED) is 0.706. The van der Waals surface area contributed by atoms with Crippen LogP contribution < -0.4 is 4.72 Å². The van der Waals surface area contributed by atoms with Gasteiger partial charge in [-0.25, -0.2) is 13.1 Å². The third-order valence-corrected chi connectivity index (χ3v) is 4.49. The Morgan fingerprint density at radius 2 is 2.17 bits per heavy atom. The summed E-state index contributed by atoms with van der Waals surface area (Å²) in [6.07, 6.45) is 2.86. The van der Waals surface area contributed by atoms with Crippen LogP contribution in [0.5, 0.6) is 0 Å². The molecule has 1 fully saturated rings. The van der Waals surface area contributed by atoms with E-state index < -0.39 is 10.0 Å². The molecule has 0 unspecified atom stereocenters. The zero-order valence-corrected chi connectivity index (χ0v) is 10.6. The largest absolute Gasteiger partial charge is 0.440 e. The molecule has 0 spiro atoms. The second-order valence-electron chi connectivity index (χ2n) is 4.57. The van der Waals surface area contributed by atoms with Gasteiger partial charge in [-0.1, -0.05) is 0 Å². The first-order valence-electron chi connectivity index (χ1n) is 5.67. The topological polar surface area (TPSA) is 96.6 Å². The Balaban J connectivity index is 2.01. The molecule has 1 aromatic rings. The van der Waals surface area contributed by atoms with E-state index in [1.54, 1.807) is 0 Å². The zero-order valence-electron chi connectivity index (χ0n) is 9.76. The molecule has 1 saturated carbocycles. The molecule has 1 aliphatic rings. The standard InChI is InChI=1S/C11H15NO5S/c13-6-5-11(3-4-11)8-12-18(15,16)10-2-1-9(7-14)17-10/h1-2,7,12-13H,3-6,8H2. The predicted octanol–water partition coefficient (Wildman–Crippen LogP) is 0.533. The van der Waals surface area contributed by atoms with Gasteiger partial charge in [-0.15, -0.1) is 0 Å². The van der Waals surface area contributed by atoms with E-state index >= 15 is 0 Å². The van der Waals surface area contributed by atoms with E-state index in [1.165, 1.54) is 12.1 Å². The number of carbonyl (C=O) groups is 1. The highest BCUT2D eigenvalue weighted by Crippen LogP contribution is 2.48. The lowest BCUT2D eigenvalue weighted by Gasteiger charge is -2.13. The van der Waals surface area contributed by atoms with Crippen LogP contribution >= 0.6 is 0 Å². The van der Waals surface area contributed by atoms with Crippen molar-refractivity contribution in [1.29, 1.82) is 0 Å². The lowest BCUT2D eigenvalue weighted by Crippen LogP contribution is -2.30. The maximum Gasteiger partial charge on any atom is 0.273 e. The summed E-state index contributed by atoms with van der Waals surface area (Å²) in [5.74, 6) is -0.0214. The van der Waals surface area contributed by atoms with Crippen LogP contribution in [0, 0.1) is 5.41 Å². The van der Waals surface area contributed by atoms with Crippen molar-refractivity contribution in [3.8, 4) is 0 Å². The lowest BCUT2D eigenvalue weighted by atomic mass is 10.0. The van der Waals surface area contributed by atoms with E-state index in [0.717, 1.165) is 12.8 Å². The van der Waals surface area contributed by atoms with Crippen LogP contribution in [0.15, 0.2) is 21.6 Å². The van der Waals surface area contributed by atoms with Crippen molar-refractivity contribution in [2.75, 3.05) is 13.2 Å². The van der Waals surface area contributed by atoms with Crippen molar-refractivity contribution in [3.05, 3.63) is 17.9 Å². The third kappa shape index (κ3) is 2.80. The van der Waals surface area contributed by atoms with Crippen LogP contribution in [0.2, 0.25) is 0 Å². The summed E-state index contributed by atoms with van der Waals surface area (Å²) >= 11 is 0. The summed E-state index contributed by atoms with van der Waals surface area (Å²) in [5, 5.41) is 8.63. The van der Waals surface area contributed by atoms with Crippen molar-refractivity contribution in [2.45, 2.75) is 24.4 Å². The minimum Gasteiger partial charge on any atom is -0.440 e. The average molecular weight is 273 g/mol. The molecule has 0 saturated heterocycles. The number of rotatable bonds is 7. The first-order chi connectivity index (χ1) is 8.51. The molecule has 2 rings (SSSR count). The smallest absolute Gasteiger partial charge is 0.273 e. The van der Waals surface area contributed by atoms with Crippen molar-refractivity contribution in [1.82, 2.24) is 4.72 Å². The Hall–Kier alpha value is -1.18. The van der Waals surface area contributed by atoms with Crippen molar-refractivity contribution in [3.63, 3.8) is 0 Å². The number of aliphatic hydroxyl groups is 1. The summed E-state index contributed by atoms with van der Waals surface area (Å²) in [5.41, 5.74) is -0.109. The van der Waals surface area contributed by atoms with Gasteiger partial charge in [0.15, 0.2) is 12.0 Å². The molecule has 100 valence electrons. The first-order valence-corrected chi connectivity index (χ1v) is 7.15. The Kier molecular flexibility index (Phi) is 3.56. The lowest BCUT2D eigenvalue weighted by molar-refractivity contribution is 0.109. The van der Waals surface area contributed by atoms with Gasteiger partial charge in [0, 0.05) is 13.2 Å². The fourth-order valence-corrected chi connectivity index (χ4v) is 2.88. The summed E-state index contributed by atoms with van der Waals surface area (Å²) in [4.78, 5) is 10.4. The molecule has 1 aromatic heterocycles. The molecule has 0 aliphatic heterocycles. The molecule has 6 nitrogen and oxygen atoms in total. The van der Waals surface area contributed by atoms with E-state index in [2.05, 4.69) is 4.72 Å². The van der Waals surface area contributed by atoms with Gasteiger partial charge in [0.05, 0.1) is 0 Å². The number of aldehydes is 1. The third-order valence-electron chi connectivity index (χ3n) is 3.22. The minimum atomic E-state index is -3.72. The number of carbonyl (C=O) groups excluding carboxylic acids is 1. The van der Waals surface area contributed by atoms with Gasteiger partial charge >= 0.3 is 0 Å². The van der Waals surface area contributed by atoms with Gasteiger partial charge < -0.3 is 9.52 Å². The van der Waals surface area contributed by atoms with Crippen LogP contribution in [0.1, 0.15) is 29.8 Å². The maximum atomic E-state index is 11.9. The minimum absolute atomic E-state index is 0.0214. The molecule has 1 heterocycles. The number of nitrogens with one attached hydrogen (secondary N) is 1. The maximum absolute atomic E-state index is 11.9. The normalized spacial score (nSPS) is 17.6. The van der Waals surface area contributed by atoms with E-state index in [1.807, 2.05) is 0 Å². The summed E-state index contributed by atoms with van der Waals surface area (Å²) < 4.78 is 31.0. The van der Waals surface area contributed by atoms with Crippen molar-refractivity contribution >= 4 is 16.3 Å². The van der Waals surface area contributed by atoms with Gasteiger partial charge in [-0.05, 0) is 36.8 Å². The van der Waals surface area contributed by atoms with Crippen LogP contribution in [0.25, 0.3) is 0 Å². The monoisotopic (exact) mass is 273 g/mol. The second-order valence-corrected chi connectivity index (χ2v) is 6.27. The first kappa shape index (κ1) is 13.3. The Morgan fingerprint density at radius 1 is 1.44 bits per heavy atom. The molecular weight excluding hydrogens is 258 g/mol. The molecule has 18 heavy (non-hydrogen) atoms. The molecular formula is C11H15NO5S. The Morgan fingerprint density at radius 3 is 2.67 bits per heavy atom. The van der Waals surface area contributed by atoms with Crippen LogP contribution in [-0.2, 0) is 10.0 Å². The molecule has 0 amide bonds. The Labute approximate surface area is 105 Å². The van der Waals surface area contributed by atoms with Crippen LogP contribution in [0.3, 0.4) is 0 Å². The van der Waals surface area contributed by atoms with E-state index in [-0.39, 0.29) is 29.4 Å². The summed E-state index contributed by atoms with van der Waals surface area (Å²) in [6, 6.07) is 2.56. The number of sulfonamides is 1. The highest BCUT2D eigenvalue weighted by molar-refractivity contribution is 7.89. The molecule has 0 atom stereocenters. The molecule has 2 N–H and O–H groups in total. The summed E-state index contributed by atoms with van der Waals surface area (Å²) in [6.45, 7) is 0.338. The number of hydrogen-bond acceptors (Lipinski definition) is 5. The predicted molar refractivity (Wildman–Crippen MR) is 62.7 cm³/mol. The van der Waals surface area contributed by atoms with E-state index in [4.69, 9.17) is 9.52 Å². The SMILES string of the molecule is O=Cc1ccc(S(=O)(=O)NCC2(CCO)CC2)o1. The molecule has 0 aromatic carbocycles. The van der Waals surface area contributed by atoms with Gasteiger partial charge in [-0.3, -0.25) is 4.79 Å². The second kappa shape index (κ2) is 4.83. The number of aliphatic hydroxyl groups excluding tert-OH is 1. The van der Waals surface area contributed by atoms with E-state index in [9.17, 15) is 13.2 Å². The Bertz CT molecular complexity index is 529. The fraction of sp³-hybridized carbons (Fsp3) is 0.545. The molecule has 1 aliphatic carbocycles. The van der Waals surface area contributed by atoms with Gasteiger partial charge in [0.25, 0.3) is 10.0 Å². The zero-order chi connectivity index (χ0) is 13.2. The fourth-order valence-electron chi connectivity index (χ4n) is 1.79. The van der Waals surface area contributed by atoms with Gasteiger partial charge in [-0.2, -0.15) is 0 Å². The van der Waals surface area contributed by atoms with Gasteiger partial charge in [0.2, 0.25) is 5.09 Å². The van der Waals surface area contributed by atoms with Crippen LogP contribution in [0.4, 0.5) is 0 Å². The van der Waals surface area contributed by atoms with E-state index in [0.29, 0.717) is 12.7 Å². The molecule has 7 heteroatoms. The van der Waals surface area contributed by atoms with Crippen LogP contribution in [-0.4, -0.2) is 33.0 Å².